The third-order valence-electron chi connectivity index (χ3n) is 3.19. The molecule has 0 bridgehead atoms. The maximum absolute atomic E-state index is 4.63. The zero-order chi connectivity index (χ0) is 14.4. The third-order valence-corrected chi connectivity index (χ3v) is 3.19. The Morgan fingerprint density at radius 1 is 1.30 bits per heavy atom. The average molecular weight is 273 g/mol. The molecule has 0 amide bonds. The van der Waals surface area contributed by atoms with E-state index in [1.54, 1.807) is 0 Å². The molecule has 0 unspecified atom stereocenters. The zero-order valence-corrected chi connectivity index (χ0v) is 12.6. The molecular weight excluding hydrogens is 250 g/mol. The van der Waals surface area contributed by atoms with Gasteiger partial charge in [0.2, 0.25) is 0 Å². The molecule has 0 spiro atoms. The van der Waals surface area contributed by atoms with Crippen molar-refractivity contribution in [2.45, 2.75) is 39.7 Å². The maximum atomic E-state index is 4.63. The van der Waals surface area contributed by atoms with E-state index >= 15 is 0 Å². The van der Waals surface area contributed by atoms with Crippen molar-refractivity contribution in [2.24, 2.45) is 0 Å². The molecule has 0 radical (unpaired) electrons. The van der Waals surface area contributed by atoms with E-state index in [0.29, 0.717) is 0 Å². The molecule has 108 valence electrons. The van der Waals surface area contributed by atoms with E-state index in [-0.39, 0.29) is 0 Å². The summed E-state index contributed by atoms with van der Waals surface area (Å²) in [7, 11) is 2.08. The molecule has 0 fully saturated rings. The van der Waals surface area contributed by atoms with Crippen molar-refractivity contribution in [1.82, 2.24) is 19.7 Å². The minimum absolute atomic E-state index is 0.934. The van der Waals surface area contributed by atoms with Crippen molar-refractivity contribution >= 4 is 5.82 Å². The molecule has 2 aromatic rings. The molecule has 2 aromatic heterocycles. The second-order valence-corrected chi connectivity index (χ2v) is 5.08. The minimum Gasteiger partial charge on any atom is -0.359 e. The number of hydrogen-bond acceptors (Lipinski definition) is 4. The van der Waals surface area contributed by atoms with Gasteiger partial charge in [-0.2, -0.15) is 5.10 Å². The van der Waals surface area contributed by atoms with E-state index in [2.05, 4.69) is 33.9 Å². The summed E-state index contributed by atoms with van der Waals surface area (Å²) >= 11 is 0. The predicted octanol–water partition coefficient (Wildman–Crippen LogP) is 2.46. The highest BCUT2D eigenvalue weighted by atomic mass is 15.3. The number of aryl methyl sites for hydroxylation is 3. The Morgan fingerprint density at radius 3 is 2.85 bits per heavy atom. The Hall–Kier alpha value is -1.91. The normalized spacial score (nSPS) is 10.8. The monoisotopic (exact) mass is 273 g/mol. The van der Waals surface area contributed by atoms with Crippen LogP contribution < -0.4 is 4.90 Å². The highest BCUT2D eigenvalue weighted by Crippen LogP contribution is 2.12. The molecule has 5 nitrogen and oxygen atoms in total. The summed E-state index contributed by atoms with van der Waals surface area (Å²) in [5, 5.41) is 4.21. The summed E-state index contributed by atoms with van der Waals surface area (Å²) in [6, 6.07) is 4.00. The molecule has 0 atom stereocenters. The summed E-state index contributed by atoms with van der Waals surface area (Å²) in [4.78, 5) is 11.3. The first-order chi connectivity index (χ1) is 9.69. The molecule has 0 saturated carbocycles. The summed E-state index contributed by atoms with van der Waals surface area (Å²) in [6.45, 7) is 6.08. The van der Waals surface area contributed by atoms with Gasteiger partial charge in [0.15, 0.2) is 0 Å². The van der Waals surface area contributed by atoms with Crippen molar-refractivity contribution in [3.8, 4) is 0 Å². The highest BCUT2D eigenvalue weighted by molar-refractivity contribution is 5.38. The molecule has 0 aromatic carbocycles. The Morgan fingerprint density at radius 2 is 2.15 bits per heavy atom. The fraction of sp³-hybridized carbons (Fsp3) is 0.533. The molecule has 0 N–H and O–H groups in total. The van der Waals surface area contributed by atoms with Gasteiger partial charge in [0, 0.05) is 50.7 Å². The Labute approximate surface area is 120 Å². The molecule has 0 aliphatic rings. The lowest BCUT2D eigenvalue weighted by atomic mass is 10.3. The van der Waals surface area contributed by atoms with Crippen LogP contribution in [0.1, 0.15) is 31.3 Å². The molecule has 5 heteroatoms. The van der Waals surface area contributed by atoms with Gasteiger partial charge in [-0.3, -0.25) is 4.68 Å². The zero-order valence-electron chi connectivity index (χ0n) is 12.6. The first-order valence-electron chi connectivity index (χ1n) is 7.22. The summed E-state index contributed by atoms with van der Waals surface area (Å²) in [5.74, 6) is 1.96. The van der Waals surface area contributed by atoms with Crippen LogP contribution >= 0.6 is 0 Å². The summed E-state index contributed by atoms with van der Waals surface area (Å²) < 4.78 is 1.96. The Bertz CT molecular complexity index is 521. The molecule has 2 heterocycles. The van der Waals surface area contributed by atoms with E-state index in [4.69, 9.17) is 0 Å². The van der Waals surface area contributed by atoms with Crippen LogP contribution in [-0.2, 0) is 13.0 Å². The highest BCUT2D eigenvalue weighted by Gasteiger charge is 2.06. The fourth-order valence-corrected chi connectivity index (χ4v) is 2.16. The Balaban J connectivity index is 1.92. The van der Waals surface area contributed by atoms with Gasteiger partial charge >= 0.3 is 0 Å². The summed E-state index contributed by atoms with van der Waals surface area (Å²) in [5.41, 5.74) is 1.04. The number of anilines is 1. The van der Waals surface area contributed by atoms with E-state index < -0.39 is 0 Å². The molecule has 2 rings (SSSR count). The van der Waals surface area contributed by atoms with Gasteiger partial charge in [0.1, 0.15) is 11.6 Å². The van der Waals surface area contributed by atoms with Crippen molar-refractivity contribution in [1.29, 1.82) is 0 Å². The number of hydrogen-bond donors (Lipinski definition) is 0. The van der Waals surface area contributed by atoms with E-state index in [0.717, 1.165) is 49.7 Å². The third kappa shape index (κ3) is 4.05. The van der Waals surface area contributed by atoms with Crippen LogP contribution in [0.4, 0.5) is 5.82 Å². The van der Waals surface area contributed by atoms with Crippen molar-refractivity contribution in [3.05, 3.63) is 36.0 Å². The smallest absolute Gasteiger partial charge is 0.132 e. The van der Waals surface area contributed by atoms with E-state index in [1.165, 1.54) is 0 Å². The van der Waals surface area contributed by atoms with Crippen molar-refractivity contribution < 1.29 is 0 Å². The lowest BCUT2D eigenvalue weighted by Gasteiger charge is -2.19. The van der Waals surface area contributed by atoms with Crippen LogP contribution in [0.3, 0.4) is 0 Å². The van der Waals surface area contributed by atoms with Crippen LogP contribution in [0.15, 0.2) is 24.5 Å². The average Bonchev–Trinajstić information content (AvgIpc) is 2.91. The molecule has 0 aliphatic carbocycles. The van der Waals surface area contributed by atoms with E-state index in [1.807, 2.05) is 36.1 Å². The van der Waals surface area contributed by atoms with Gasteiger partial charge in [-0.1, -0.05) is 6.92 Å². The topological polar surface area (TPSA) is 46.8 Å². The fourth-order valence-electron chi connectivity index (χ4n) is 2.16. The second-order valence-electron chi connectivity index (χ2n) is 5.08. The second kappa shape index (κ2) is 7.03. The number of rotatable bonds is 7. The quantitative estimate of drug-likeness (QED) is 0.777. The summed E-state index contributed by atoms with van der Waals surface area (Å²) in [6.07, 6.45) is 6.87. The van der Waals surface area contributed by atoms with Gasteiger partial charge in [0.25, 0.3) is 0 Å². The largest absolute Gasteiger partial charge is 0.359 e. The van der Waals surface area contributed by atoms with Crippen LogP contribution in [0.25, 0.3) is 0 Å². The van der Waals surface area contributed by atoms with Crippen LogP contribution in [0, 0.1) is 6.92 Å². The predicted molar refractivity (Wildman–Crippen MR) is 80.9 cm³/mol. The first kappa shape index (κ1) is 14.5. The van der Waals surface area contributed by atoms with Crippen molar-refractivity contribution in [3.63, 3.8) is 0 Å². The molecular formula is C15H23N5. The van der Waals surface area contributed by atoms with Crippen LogP contribution in [-0.4, -0.2) is 33.3 Å². The van der Waals surface area contributed by atoms with E-state index in [9.17, 15) is 0 Å². The molecule has 0 aliphatic heterocycles. The first-order valence-corrected chi connectivity index (χ1v) is 7.22. The number of aromatic nitrogens is 4. The Kier molecular flexibility index (Phi) is 5.09. The standard InChI is InChI=1S/C15H23N5/c1-4-7-14-17-13(2)12-15(18-14)19(3)9-6-11-20-10-5-8-16-20/h5,8,10,12H,4,6-7,9,11H2,1-3H3. The minimum atomic E-state index is 0.934. The maximum Gasteiger partial charge on any atom is 0.132 e. The lowest BCUT2D eigenvalue weighted by Crippen LogP contribution is -2.22. The van der Waals surface area contributed by atoms with Crippen molar-refractivity contribution in [2.75, 3.05) is 18.5 Å². The van der Waals surface area contributed by atoms with Gasteiger partial charge in [-0.05, 0) is 25.8 Å². The number of nitrogens with zero attached hydrogens (tertiary/aromatic N) is 5. The van der Waals surface area contributed by atoms with Crippen LogP contribution in [0.5, 0.6) is 0 Å². The van der Waals surface area contributed by atoms with Crippen LogP contribution in [0.2, 0.25) is 0 Å². The molecule has 20 heavy (non-hydrogen) atoms. The van der Waals surface area contributed by atoms with Gasteiger partial charge in [0.05, 0.1) is 0 Å². The van der Waals surface area contributed by atoms with Gasteiger partial charge < -0.3 is 4.90 Å². The van der Waals surface area contributed by atoms with Gasteiger partial charge in [-0.25, -0.2) is 9.97 Å². The SMILES string of the molecule is CCCc1nc(C)cc(N(C)CCCn2cccn2)n1. The molecule has 0 saturated heterocycles. The lowest BCUT2D eigenvalue weighted by molar-refractivity contribution is 0.576. The van der Waals surface area contributed by atoms with Gasteiger partial charge in [-0.15, -0.1) is 0 Å².